The van der Waals surface area contributed by atoms with Crippen LogP contribution >= 0.6 is 0 Å². The maximum atomic E-state index is 6.23. The summed E-state index contributed by atoms with van der Waals surface area (Å²) < 4.78 is 2.00. The van der Waals surface area contributed by atoms with Gasteiger partial charge in [-0.1, -0.05) is 26.0 Å². The number of aromatic nitrogens is 2. The maximum absolute atomic E-state index is 6.23. The SMILES string of the molecule is CC(C)c1c2ccc(C3(N)CC3)cc2nn1C. The quantitative estimate of drug-likeness (QED) is 0.860. The fraction of sp³-hybridized carbons (Fsp3) is 0.500. The molecule has 3 nitrogen and oxygen atoms in total. The molecule has 1 aromatic carbocycles. The molecule has 2 N–H and O–H groups in total. The number of hydrogen-bond donors (Lipinski definition) is 1. The van der Waals surface area contributed by atoms with E-state index in [1.807, 2.05) is 11.7 Å². The van der Waals surface area contributed by atoms with Gasteiger partial charge in [-0.05, 0) is 30.4 Å². The Morgan fingerprint density at radius 2 is 2.06 bits per heavy atom. The summed E-state index contributed by atoms with van der Waals surface area (Å²) in [7, 11) is 2.02. The van der Waals surface area contributed by atoms with Crippen LogP contribution in [0.5, 0.6) is 0 Å². The summed E-state index contributed by atoms with van der Waals surface area (Å²) in [5.74, 6) is 0.489. The summed E-state index contributed by atoms with van der Waals surface area (Å²) in [5.41, 5.74) is 9.77. The number of fused-ring (bicyclic) bond motifs is 1. The molecule has 1 saturated carbocycles. The van der Waals surface area contributed by atoms with Gasteiger partial charge in [0.1, 0.15) is 0 Å². The first-order chi connectivity index (χ1) is 8.01. The van der Waals surface area contributed by atoms with Gasteiger partial charge in [0, 0.05) is 23.7 Å². The van der Waals surface area contributed by atoms with E-state index in [2.05, 4.69) is 37.1 Å². The van der Waals surface area contributed by atoms with Crippen molar-refractivity contribution >= 4 is 10.9 Å². The van der Waals surface area contributed by atoms with E-state index < -0.39 is 0 Å². The number of nitrogens with two attached hydrogens (primary N) is 1. The van der Waals surface area contributed by atoms with Gasteiger partial charge in [0.05, 0.1) is 5.52 Å². The molecule has 3 heteroatoms. The van der Waals surface area contributed by atoms with E-state index in [-0.39, 0.29) is 5.54 Å². The lowest BCUT2D eigenvalue weighted by Gasteiger charge is -2.09. The van der Waals surface area contributed by atoms with Crippen molar-refractivity contribution in [2.45, 2.75) is 38.1 Å². The average molecular weight is 229 g/mol. The van der Waals surface area contributed by atoms with E-state index in [0.717, 1.165) is 18.4 Å². The molecule has 0 bridgehead atoms. The molecule has 90 valence electrons. The zero-order valence-corrected chi connectivity index (χ0v) is 10.7. The molecular weight excluding hydrogens is 210 g/mol. The molecule has 0 amide bonds. The average Bonchev–Trinajstić information content (AvgIpc) is 2.91. The zero-order chi connectivity index (χ0) is 12.2. The number of hydrogen-bond acceptors (Lipinski definition) is 2. The Hall–Kier alpha value is -1.35. The minimum absolute atomic E-state index is 0.0658. The Morgan fingerprint density at radius 3 is 2.65 bits per heavy atom. The van der Waals surface area contributed by atoms with Crippen molar-refractivity contribution in [1.82, 2.24) is 9.78 Å². The first-order valence-corrected chi connectivity index (χ1v) is 6.27. The largest absolute Gasteiger partial charge is 0.321 e. The number of nitrogens with zero attached hydrogens (tertiary/aromatic N) is 2. The van der Waals surface area contributed by atoms with Crippen molar-refractivity contribution in [2.75, 3.05) is 0 Å². The molecule has 0 atom stereocenters. The predicted molar refractivity (Wildman–Crippen MR) is 69.9 cm³/mol. The fourth-order valence-electron chi connectivity index (χ4n) is 2.64. The van der Waals surface area contributed by atoms with Gasteiger partial charge in [0.15, 0.2) is 0 Å². The van der Waals surface area contributed by atoms with Gasteiger partial charge in [-0.15, -0.1) is 0 Å². The summed E-state index contributed by atoms with van der Waals surface area (Å²) in [5, 5.41) is 5.86. The molecule has 0 unspecified atom stereocenters. The molecule has 1 heterocycles. The van der Waals surface area contributed by atoms with E-state index in [9.17, 15) is 0 Å². The third-order valence-electron chi connectivity index (χ3n) is 3.79. The minimum atomic E-state index is -0.0658. The molecule has 1 aliphatic rings. The van der Waals surface area contributed by atoms with Gasteiger partial charge >= 0.3 is 0 Å². The Bertz CT molecular complexity index is 576. The highest BCUT2D eigenvalue weighted by atomic mass is 15.3. The fourth-order valence-corrected chi connectivity index (χ4v) is 2.64. The van der Waals surface area contributed by atoms with Gasteiger partial charge in [0.2, 0.25) is 0 Å². The zero-order valence-electron chi connectivity index (χ0n) is 10.7. The van der Waals surface area contributed by atoms with Gasteiger partial charge in [-0.3, -0.25) is 4.68 Å². The highest BCUT2D eigenvalue weighted by Gasteiger charge is 2.40. The summed E-state index contributed by atoms with van der Waals surface area (Å²) in [6.07, 6.45) is 2.20. The standard InChI is InChI=1S/C14H19N3/c1-9(2)13-11-5-4-10(14(15)6-7-14)8-12(11)16-17(13)3/h4-5,8-9H,6-7,15H2,1-3H3. The molecule has 0 saturated heterocycles. The van der Waals surface area contributed by atoms with E-state index in [1.165, 1.54) is 16.6 Å². The van der Waals surface area contributed by atoms with Crippen molar-refractivity contribution in [1.29, 1.82) is 0 Å². The van der Waals surface area contributed by atoms with Crippen LogP contribution in [-0.4, -0.2) is 9.78 Å². The minimum Gasteiger partial charge on any atom is -0.321 e. The first kappa shape index (κ1) is 10.8. The van der Waals surface area contributed by atoms with Crippen LogP contribution in [0.4, 0.5) is 0 Å². The van der Waals surface area contributed by atoms with Crippen LogP contribution < -0.4 is 5.73 Å². The predicted octanol–water partition coefficient (Wildman–Crippen LogP) is 2.64. The highest BCUT2D eigenvalue weighted by Crippen LogP contribution is 2.43. The van der Waals surface area contributed by atoms with Gasteiger partial charge in [-0.25, -0.2) is 0 Å². The maximum Gasteiger partial charge on any atom is 0.0929 e. The molecule has 17 heavy (non-hydrogen) atoms. The summed E-state index contributed by atoms with van der Waals surface area (Å²) in [6, 6.07) is 6.51. The Labute approximate surface area is 102 Å². The third kappa shape index (κ3) is 1.57. The van der Waals surface area contributed by atoms with E-state index in [4.69, 9.17) is 5.73 Å². The van der Waals surface area contributed by atoms with Crippen molar-refractivity contribution in [2.24, 2.45) is 12.8 Å². The Balaban J connectivity index is 2.19. The second-order valence-corrected chi connectivity index (χ2v) is 5.55. The van der Waals surface area contributed by atoms with Crippen molar-refractivity contribution in [3.8, 4) is 0 Å². The van der Waals surface area contributed by atoms with Crippen LogP contribution in [0.3, 0.4) is 0 Å². The molecule has 0 aliphatic heterocycles. The van der Waals surface area contributed by atoms with Crippen LogP contribution in [-0.2, 0) is 12.6 Å². The van der Waals surface area contributed by atoms with E-state index >= 15 is 0 Å². The number of benzene rings is 1. The van der Waals surface area contributed by atoms with E-state index in [1.54, 1.807) is 0 Å². The monoisotopic (exact) mass is 229 g/mol. The third-order valence-corrected chi connectivity index (χ3v) is 3.79. The van der Waals surface area contributed by atoms with Crippen molar-refractivity contribution in [3.63, 3.8) is 0 Å². The second kappa shape index (κ2) is 3.33. The second-order valence-electron chi connectivity index (χ2n) is 5.55. The normalized spacial score (nSPS) is 17.9. The summed E-state index contributed by atoms with van der Waals surface area (Å²) in [6.45, 7) is 4.41. The van der Waals surface area contributed by atoms with Crippen LogP contribution in [0.2, 0.25) is 0 Å². The molecule has 1 aliphatic carbocycles. The molecule has 1 aromatic heterocycles. The first-order valence-electron chi connectivity index (χ1n) is 6.27. The highest BCUT2D eigenvalue weighted by molar-refractivity contribution is 5.83. The van der Waals surface area contributed by atoms with Gasteiger partial charge < -0.3 is 5.73 Å². The Kier molecular flexibility index (Phi) is 2.11. The topological polar surface area (TPSA) is 43.8 Å². The van der Waals surface area contributed by atoms with Crippen LogP contribution in [0, 0.1) is 0 Å². The van der Waals surface area contributed by atoms with E-state index in [0.29, 0.717) is 5.92 Å². The molecule has 2 aromatic rings. The van der Waals surface area contributed by atoms with Crippen LogP contribution in [0.1, 0.15) is 43.9 Å². The smallest absolute Gasteiger partial charge is 0.0929 e. The lowest BCUT2D eigenvalue weighted by molar-refractivity contribution is 0.677. The van der Waals surface area contributed by atoms with Crippen molar-refractivity contribution in [3.05, 3.63) is 29.5 Å². The Morgan fingerprint density at radius 1 is 1.35 bits per heavy atom. The molecule has 1 fully saturated rings. The van der Waals surface area contributed by atoms with Crippen LogP contribution in [0.25, 0.3) is 10.9 Å². The van der Waals surface area contributed by atoms with Crippen LogP contribution in [0.15, 0.2) is 18.2 Å². The van der Waals surface area contributed by atoms with Crippen molar-refractivity contribution < 1.29 is 0 Å². The molecule has 0 radical (unpaired) electrons. The molecular formula is C14H19N3. The molecule has 0 spiro atoms. The molecule has 3 rings (SSSR count). The number of rotatable bonds is 2. The van der Waals surface area contributed by atoms with Gasteiger partial charge in [0.25, 0.3) is 0 Å². The lowest BCUT2D eigenvalue weighted by Crippen LogP contribution is -2.18. The summed E-state index contributed by atoms with van der Waals surface area (Å²) in [4.78, 5) is 0. The lowest BCUT2D eigenvalue weighted by atomic mass is 10.0. The summed E-state index contributed by atoms with van der Waals surface area (Å²) >= 11 is 0. The van der Waals surface area contributed by atoms with Gasteiger partial charge in [-0.2, -0.15) is 5.10 Å². The number of aryl methyl sites for hydroxylation is 1.